The Morgan fingerprint density at radius 2 is 2.17 bits per heavy atom. The molecule has 0 radical (unpaired) electrons. The highest BCUT2D eigenvalue weighted by Gasteiger charge is 2.49. The van der Waals surface area contributed by atoms with Gasteiger partial charge in [-0.15, -0.1) is 0 Å². The van der Waals surface area contributed by atoms with E-state index in [4.69, 9.17) is 9.15 Å². The van der Waals surface area contributed by atoms with Crippen molar-refractivity contribution in [2.24, 2.45) is 5.41 Å². The molecule has 0 bridgehead atoms. The van der Waals surface area contributed by atoms with E-state index in [2.05, 4.69) is 11.8 Å². The molecule has 1 amide bonds. The van der Waals surface area contributed by atoms with Crippen LogP contribution in [0.1, 0.15) is 48.7 Å². The molecule has 2 aliphatic rings. The first kappa shape index (κ1) is 15.7. The zero-order valence-corrected chi connectivity index (χ0v) is 14.7. The summed E-state index contributed by atoms with van der Waals surface area (Å²) in [5.41, 5.74) is 1.79. The summed E-state index contributed by atoms with van der Waals surface area (Å²) in [4.78, 5) is 15.2. The van der Waals surface area contributed by atoms with Crippen molar-refractivity contribution in [3.63, 3.8) is 0 Å². The summed E-state index contributed by atoms with van der Waals surface area (Å²) in [7, 11) is 1.80. The van der Waals surface area contributed by atoms with Gasteiger partial charge in [0.15, 0.2) is 0 Å². The van der Waals surface area contributed by atoms with Gasteiger partial charge in [0.25, 0.3) is 5.91 Å². The van der Waals surface area contributed by atoms with Crippen LogP contribution in [0.5, 0.6) is 0 Å². The number of carbonyl (C=O) groups excluding carboxylic acids is 1. The molecule has 3 atom stereocenters. The molecule has 24 heavy (non-hydrogen) atoms. The molecule has 1 aromatic carbocycles. The Morgan fingerprint density at radius 3 is 2.96 bits per heavy atom. The number of likely N-dealkylation sites (tertiary alicyclic amines) is 1. The number of furan rings is 1. The average Bonchev–Trinajstić information content (AvgIpc) is 3.11. The second-order valence-electron chi connectivity index (χ2n) is 7.67. The molecule has 0 N–H and O–H groups in total. The van der Waals surface area contributed by atoms with Crippen molar-refractivity contribution in [3.05, 3.63) is 35.6 Å². The predicted octanol–water partition coefficient (Wildman–Crippen LogP) is 4.16. The molecule has 1 aliphatic carbocycles. The monoisotopic (exact) mass is 327 g/mol. The van der Waals surface area contributed by atoms with Gasteiger partial charge in [-0.2, -0.15) is 0 Å². The van der Waals surface area contributed by atoms with Crippen molar-refractivity contribution in [2.45, 2.75) is 51.7 Å². The lowest BCUT2D eigenvalue weighted by atomic mass is 9.71. The van der Waals surface area contributed by atoms with Crippen molar-refractivity contribution in [3.8, 4) is 0 Å². The fraction of sp³-hybridized carbons (Fsp3) is 0.550. The van der Waals surface area contributed by atoms with E-state index >= 15 is 0 Å². The predicted molar refractivity (Wildman–Crippen MR) is 93.1 cm³/mol. The Labute approximate surface area is 142 Å². The highest BCUT2D eigenvalue weighted by molar-refractivity contribution is 5.98. The molecule has 2 heterocycles. The molecule has 1 saturated carbocycles. The highest BCUT2D eigenvalue weighted by Crippen LogP contribution is 2.47. The van der Waals surface area contributed by atoms with Gasteiger partial charge in [0, 0.05) is 30.6 Å². The summed E-state index contributed by atoms with van der Waals surface area (Å²) in [6.45, 7) is 5.10. The van der Waals surface area contributed by atoms with Crippen LogP contribution in [0.25, 0.3) is 11.0 Å². The summed E-state index contributed by atoms with van der Waals surface area (Å²) in [6, 6.07) is 8.09. The summed E-state index contributed by atoms with van der Waals surface area (Å²) in [6.07, 6.45) is 4.54. The number of hydrogen-bond acceptors (Lipinski definition) is 3. The van der Waals surface area contributed by atoms with Crippen LogP contribution in [0.2, 0.25) is 0 Å². The lowest BCUT2D eigenvalue weighted by Gasteiger charge is -2.42. The fourth-order valence-electron chi connectivity index (χ4n) is 4.70. The van der Waals surface area contributed by atoms with E-state index in [0.717, 1.165) is 54.5 Å². The quantitative estimate of drug-likeness (QED) is 0.832. The zero-order chi connectivity index (χ0) is 16.9. The van der Waals surface area contributed by atoms with Gasteiger partial charge in [0.1, 0.15) is 11.3 Å². The molecule has 1 aromatic heterocycles. The molecular weight excluding hydrogens is 302 g/mol. The summed E-state index contributed by atoms with van der Waals surface area (Å²) >= 11 is 0. The van der Waals surface area contributed by atoms with Gasteiger partial charge in [-0.05, 0) is 62.3 Å². The van der Waals surface area contributed by atoms with Crippen molar-refractivity contribution in [1.29, 1.82) is 0 Å². The van der Waals surface area contributed by atoms with Crippen molar-refractivity contribution in [1.82, 2.24) is 4.90 Å². The summed E-state index contributed by atoms with van der Waals surface area (Å²) in [5.74, 6) is 1.03. The van der Waals surface area contributed by atoms with Crippen molar-refractivity contribution in [2.75, 3.05) is 13.7 Å². The molecule has 2 fully saturated rings. The van der Waals surface area contributed by atoms with Gasteiger partial charge in [-0.1, -0.05) is 6.92 Å². The highest BCUT2D eigenvalue weighted by atomic mass is 16.5. The smallest absolute Gasteiger partial charge is 0.254 e. The van der Waals surface area contributed by atoms with Crippen LogP contribution < -0.4 is 0 Å². The van der Waals surface area contributed by atoms with Crippen LogP contribution in [0, 0.1) is 12.3 Å². The third-order valence-corrected chi connectivity index (χ3v) is 6.04. The standard InChI is InChI=1S/C20H25NO3/c1-13-10-15-11-14(4-6-17(15)24-13)19(22)21-9-8-20(2)12-16(23-3)5-7-18(20)21/h4,6,10-11,16,18H,5,7-9,12H2,1-3H3/t16-,18-,20+/m1/s1. The fourth-order valence-corrected chi connectivity index (χ4v) is 4.70. The topological polar surface area (TPSA) is 42.7 Å². The maximum absolute atomic E-state index is 13.1. The van der Waals surface area contributed by atoms with Gasteiger partial charge < -0.3 is 14.1 Å². The normalized spacial score (nSPS) is 29.9. The van der Waals surface area contributed by atoms with E-state index < -0.39 is 0 Å². The van der Waals surface area contributed by atoms with Gasteiger partial charge in [0.2, 0.25) is 0 Å². The first-order valence-electron chi connectivity index (χ1n) is 8.84. The zero-order valence-electron chi connectivity index (χ0n) is 14.7. The van der Waals surface area contributed by atoms with Crippen molar-refractivity contribution < 1.29 is 13.9 Å². The van der Waals surface area contributed by atoms with Crippen LogP contribution in [-0.2, 0) is 4.74 Å². The van der Waals surface area contributed by atoms with Crippen LogP contribution in [-0.4, -0.2) is 36.6 Å². The first-order chi connectivity index (χ1) is 11.5. The minimum absolute atomic E-state index is 0.153. The number of carbonyl (C=O) groups is 1. The van der Waals surface area contributed by atoms with Crippen LogP contribution >= 0.6 is 0 Å². The van der Waals surface area contributed by atoms with Crippen LogP contribution in [0.4, 0.5) is 0 Å². The summed E-state index contributed by atoms with van der Waals surface area (Å²) < 4.78 is 11.2. The number of benzene rings is 1. The molecule has 1 saturated heterocycles. The van der Waals surface area contributed by atoms with Crippen LogP contribution in [0.15, 0.2) is 28.7 Å². The van der Waals surface area contributed by atoms with Crippen molar-refractivity contribution >= 4 is 16.9 Å². The van der Waals surface area contributed by atoms with E-state index in [1.54, 1.807) is 7.11 Å². The Kier molecular flexibility index (Phi) is 3.68. The molecule has 0 unspecified atom stereocenters. The number of rotatable bonds is 2. The molecule has 4 rings (SSSR count). The maximum Gasteiger partial charge on any atom is 0.254 e. The number of nitrogens with zero attached hydrogens (tertiary/aromatic N) is 1. The molecular formula is C20H25NO3. The Hall–Kier alpha value is -1.81. The minimum Gasteiger partial charge on any atom is -0.461 e. The molecule has 0 spiro atoms. The lowest BCUT2D eigenvalue weighted by molar-refractivity contribution is -0.00276. The second kappa shape index (κ2) is 5.62. The number of hydrogen-bond donors (Lipinski definition) is 0. The molecule has 4 heteroatoms. The van der Waals surface area contributed by atoms with Crippen LogP contribution in [0.3, 0.4) is 0 Å². The van der Waals surface area contributed by atoms with E-state index in [1.807, 2.05) is 31.2 Å². The Morgan fingerprint density at radius 1 is 1.33 bits per heavy atom. The largest absolute Gasteiger partial charge is 0.461 e. The number of fused-ring (bicyclic) bond motifs is 2. The van der Waals surface area contributed by atoms with Gasteiger partial charge in [-0.3, -0.25) is 4.79 Å². The molecule has 1 aliphatic heterocycles. The van der Waals surface area contributed by atoms with E-state index in [-0.39, 0.29) is 11.3 Å². The third-order valence-electron chi connectivity index (χ3n) is 6.04. The number of aryl methyl sites for hydroxylation is 1. The summed E-state index contributed by atoms with van der Waals surface area (Å²) in [5, 5.41) is 1.00. The van der Waals surface area contributed by atoms with Gasteiger partial charge in [0.05, 0.1) is 6.10 Å². The number of ether oxygens (including phenoxy) is 1. The lowest BCUT2D eigenvalue weighted by Crippen LogP contribution is -2.46. The number of methoxy groups -OCH3 is 1. The Balaban J connectivity index is 1.60. The average molecular weight is 327 g/mol. The Bertz CT molecular complexity index is 780. The van der Waals surface area contributed by atoms with Gasteiger partial charge in [-0.25, -0.2) is 0 Å². The minimum atomic E-state index is 0.153. The van der Waals surface area contributed by atoms with Gasteiger partial charge >= 0.3 is 0 Å². The third kappa shape index (κ3) is 2.44. The van der Waals surface area contributed by atoms with E-state index in [0.29, 0.717) is 12.1 Å². The second-order valence-corrected chi connectivity index (χ2v) is 7.67. The van der Waals surface area contributed by atoms with E-state index in [1.165, 1.54) is 0 Å². The maximum atomic E-state index is 13.1. The first-order valence-corrected chi connectivity index (χ1v) is 8.84. The molecule has 128 valence electrons. The number of amides is 1. The SMILES string of the molecule is CO[C@@H]1CC[C@H]2N(C(=O)c3ccc4oc(C)cc4c3)CC[C@@]2(C)C1. The molecule has 4 nitrogen and oxygen atoms in total. The van der Waals surface area contributed by atoms with E-state index in [9.17, 15) is 4.79 Å². The molecule has 2 aromatic rings.